The van der Waals surface area contributed by atoms with Gasteiger partial charge in [-0.1, -0.05) is 30.3 Å². The molecule has 1 aliphatic carbocycles. The summed E-state index contributed by atoms with van der Waals surface area (Å²) in [5.74, 6) is -5.46. The molecule has 0 spiro atoms. The molecule has 2 aromatic rings. The minimum absolute atomic E-state index is 0.0565. The zero-order valence-corrected chi connectivity index (χ0v) is 19.2. The number of alkyl halides is 2. The second-order valence-electron chi connectivity index (χ2n) is 8.34. The number of likely N-dealkylation sites (tertiary alicyclic amines) is 1. The summed E-state index contributed by atoms with van der Waals surface area (Å²) in [6.07, 6.45) is 0.912. The van der Waals surface area contributed by atoms with E-state index in [1.807, 2.05) is 0 Å². The number of rotatable bonds is 5. The van der Waals surface area contributed by atoms with Gasteiger partial charge in [0.05, 0.1) is 18.9 Å². The fraction of sp³-hybridized carbons (Fsp3) is 0.348. The first-order valence-electron chi connectivity index (χ1n) is 10.4. The van der Waals surface area contributed by atoms with Crippen LogP contribution in [0.3, 0.4) is 0 Å². The van der Waals surface area contributed by atoms with Crippen molar-refractivity contribution in [2.24, 2.45) is 0 Å². The standard InChI is InChI=1S/C23H22F2N2O6S/c1-33-22(30)19-10-14(34(2,31)32)12-27(19)20(28)11-26-21(29)13-7-8-16-15-5-3-4-6-17(15)23(24,25)18(16)9-13/h3-9,14,19H,10-12H2,1-2H3,(H,26,29)/t14-,19+/m1/s1. The van der Waals surface area contributed by atoms with E-state index in [1.165, 1.54) is 24.3 Å². The van der Waals surface area contributed by atoms with Crippen LogP contribution in [0.25, 0.3) is 11.1 Å². The van der Waals surface area contributed by atoms with E-state index in [9.17, 15) is 31.6 Å². The molecule has 1 heterocycles. The number of carbonyl (C=O) groups excluding carboxylic acids is 3. The fourth-order valence-electron chi connectivity index (χ4n) is 4.42. The Balaban J connectivity index is 1.49. The lowest BCUT2D eigenvalue weighted by molar-refractivity contribution is -0.150. The molecule has 2 atom stereocenters. The Kier molecular flexibility index (Phi) is 5.92. The normalized spacial score (nSPS) is 20.4. The molecule has 1 saturated heterocycles. The number of carbonyl (C=O) groups is 3. The molecule has 1 fully saturated rings. The predicted molar refractivity (Wildman–Crippen MR) is 118 cm³/mol. The van der Waals surface area contributed by atoms with Crippen LogP contribution in [0, 0.1) is 0 Å². The van der Waals surface area contributed by atoms with E-state index >= 15 is 0 Å². The van der Waals surface area contributed by atoms with Gasteiger partial charge in [0.1, 0.15) is 6.04 Å². The van der Waals surface area contributed by atoms with Crippen molar-refractivity contribution < 1.29 is 36.3 Å². The maximum Gasteiger partial charge on any atom is 0.328 e. The van der Waals surface area contributed by atoms with Gasteiger partial charge in [0.15, 0.2) is 9.84 Å². The number of benzene rings is 2. The number of hydrogen-bond donors (Lipinski definition) is 1. The van der Waals surface area contributed by atoms with Crippen molar-refractivity contribution in [3.8, 4) is 11.1 Å². The third-order valence-corrected chi connectivity index (χ3v) is 7.79. The molecule has 8 nitrogen and oxygen atoms in total. The van der Waals surface area contributed by atoms with Gasteiger partial charge in [-0.3, -0.25) is 9.59 Å². The zero-order chi connectivity index (χ0) is 24.8. The van der Waals surface area contributed by atoms with Crippen LogP contribution in [0.4, 0.5) is 8.78 Å². The summed E-state index contributed by atoms with van der Waals surface area (Å²) < 4.78 is 58.3. The molecule has 11 heteroatoms. The summed E-state index contributed by atoms with van der Waals surface area (Å²) in [6.45, 7) is -0.757. The molecule has 180 valence electrons. The van der Waals surface area contributed by atoms with Gasteiger partial charge in [0.25, 0.3) is 11.8 Å². The molecule has 2 aromatic carbocycles. The lowest BCUT2D eigenvalue weighted by Gasteiger charge is -2.22. The lowest BCUT2D eigenvalue weighted by atomic mass is 10.0. The Hall–Kier alpha value is -3.34. The number of halogens is 2. The SMILES string of the molecule is COC(=O)[C@@H]1C[C@@H](S(C)(=O)=O)CN1C(=O)CNC(=O)c1ccc2c(c1)C(F)(F)c1ccccc1-2. The van der Waals surface area contributed by atoms with Gasteiger partial charge in [-0.05, 0) is 29.7 Å². The van der Waals surface area contributed by atoms with Crippen LogP contribution < -0.4 is 5.32 Å². The Bertz CT molecular complexity index is 1290. The Morgan fingerprint density at radius 2 is 1.79 bits per heavy atom. The molecule has 2 amide bonds. The van der Waals surface area contributed by atoms with Crippen LogP contribution in [0.15, 0.2) is 42.5 Å². The number of hydrogen-bond acceptors (Lipinski definition) is 6. The van der Waals surface area contributed by atoms with E-state index in [0.717, 1.165) is 24.3 Å². The van der Waals surface area contributed by atoms with Crippen molar-refractivity contribution in [3.05, 3.63) is 59.2 Å². The molecule has 4 rings (SSSR count). The third kappa shape index (κ3) is 4.04. The van der Waals surface area contributed by atoms with Gasteiger partial charge in [-0.25, -0.2) is 13.2 Å². The summed E-state index contributed by atoms with van der Waals surface area (Å²) in [5, 5.41) is 1.44. The highest BCUT2D eigenvalue weighted by Gasteiger charge is 2.45. The van der Waals surface area contributed by atoms with Crippen LogP contribution >= 0.6 is 0 Å². The highest BCUT2D eigenvalue weighted by molar-refractivity contribution is 7.91. The molecule has 2 aliphatic rings. The Morgan fingerprint density at radius 1 is 1.12 bits per heavy atom. The van der Waals surface area contributed by atoms with Crippen molar-refractivity contribution in [2.45, 2.75) is 23.6 Å². The second kappa shape index (κ2) is 8.46. The maximum atomic E-state index is 14.9. The van der Waals surface area contributed by atoms with Crippen LogP contribution in [-0.2, 0) is 30.1 Å². The van der Waals surface area contributed by atoms with E-state index in [1.54, 1.807) is 12.1 Å². The van der Waals surface area contributed by atoms with Crippen LogP contribution in [0.2, 0.25) is 0 Å². The van der Waals surface area contributed by atoms with Crippen LogP contribution in [0.1, 0.15) is 27.9 Å². The molecule has 0 aromatic heterocycles. The van der Waals surface area contributed by atoms with Gasteiger partial charge < -0.3 is 15.0 Å². The molecular weight excluding hydrogens is 470 g/mol. The first-order valence-corrected chi connectivity index (χ1v) is 12.4. The van der Waals surface area contributed by atoms with Crippen molar-refractivity contribution in [1.82, 2.24) is 10.2 Å². The number of esters is 1. The number of fused-ring (bicyclic) bond motifs is 3. The number of nitrogens with zero attached hydrogens (tertiary/aromatic N) is 1. The second-order valence-corrected chi connectivity index (χ2v) is 10.7. The van der Waals surface area contributed by atoms with Crippen LogP contribution in [0.5, 0.6) is 0 Å². The van der Waals surface area contributed by atoms with Gasteiger partial charge >= 0.3 is 5.97 Å². The van der Waals surface area contributed by atoms with Crippen molar-refractivity contribution >= 4 is 27.6 Å². The summed E-state index contributed by atoms with van der Waals surface area (Å²) in [4.78, 5) is 38.5. The van der Waals surface area contributed by atoms with Crippen molar-refractivity contribution in [1.29, 1.82) is 0 Å². The van der Waals surface area contributed by atoms with Gasteiger partial charge in [-0.2, -0.15) is 8.78 Å². The topological polar surface area (TPSA) is 110 Å². The largest absolute Gasteiger partial charge is 0.467 e. The predicted octanol–water partition coefficient (Wildman–Crippen LogP) is 1.72. The van der Waals surface area contributed by atoms with Gasteiger partial charge in [0, 0.05) is 29.5 Å². The lowest BCUT2D eigenvalue weighted by Crippen LogP contribution is -2.46. The molecular formula is C23H22F2N2O6S. The highest BCUT2D eigenvalue weighted by atomic mass is 32.2. The number of methoxy groups -OCH3 is 1. The smallest absolute Gasteiger partial charge is 0.328 e. The van der Waals surface area contributed by atoms with Gasteiger partial charge in [0.2, 0.25) is 5.91 Å². The van der Waals surface area contributed by atoms with Crippen molar-refractivity contribution in [3.63, 3.8) is 0 Å². The van der Waals surface area contributed by atoms with Crippen molar-refractivity contribution in [2.75, 3.05) is 26.5 Å². The minimum atomic E-state index is -3.52. The Labute approximate surface area is 194 Å². The number of sulfone groups is 1. The maximum absolute atomic E-state index is 14.9. The number of amides is 2. The Morgan fingerprint density at radius 3 is 2.47 bits per heavy atom. The van der Waals surface area contributed by atoms with E-state index in [4.69, 9.17) is 0 Å². The molecule has 1 N–H and O–H groups in total. The first kappa shape index (κ1) is 23.8. The quantitative estimate of drug-likeness (QED) is 0.637. The molecule has 0 unspecified atom stereocenters. The average Bonchev–Trinajstić information content (AvgIpc) is 3.35. The monoisotopic (exact) mass is 492 g/mol. The van der Waals surface area contributed by atoms with E-state index in [0.29, 0.717) is 11.1 Å². The van der Waals surface area contributed by atoms with E-state index < -0.39 is 51.4 Å². The van der Waals surface area contributed by atoms with E-state index in [2.05, 4.69) is 10.1 Å². The van der Waals surface area contributed by atoms with Crippen LogP contribution in [-0.4, -0.2) is 68.8 Å². The van der Waals surface area contributed by atoms with Gasteiger partial charge in [-0.15, -0.1) is 0 Å². The molecule has 0 bridgehead atoms. The average molecular weight is 493 g/mol. The number of nitrogens with one attached hydrogen (secondary N) is 1. The highest BCUT2D eigenvalue weighted by Crippen LogP contribution is 2.50. The minimum Gasteiger partial charge on any atom is -0.467 e. The summed E-state index contributed by atoms with van der Waals surface area (Å²) in [7, 11) is -2.39. The summed E-state index contributed by atoms with van der Waals surface area (Å²) in [5.41, 5.74) is 0.236. The molecule has 34 heavy (non-hydrogen) atoms. The third-order valence-electron chi connectivity index (χ3n) is 6.24. The molecule has 1 aliphatic heterocycles. The fourth-order valence-corrected chi connectivity index (χ4v) is 5.38. The van der Waals surface area contributed by atoms with E-state index in [-0.39, 0.29) is 29.7 Å². The number of ether oxygens (including phenoxy) is 1. The first-order chi connectivity index (χ1) is 15.9. The summed E-state index contributed by atoms with van der Waals surface area (Å²) >= 11 is 0. The summed E-state index contributed by atoms with van der Waals surface area (Å²) in [6, 6.07) is 8.95. The molecule has 0 radical (unpaired) electrons. The molecule has 0 saturated carbocycles. The zero-order valence-electron chi connectivity index (χ0n) is 18.4.